The van der Waals surface area contributed by atoms with Gasteiger partial charge in [-0.2, -0.15) is 5.26 Å². The Labute approximate surface area is 119 Å². The van der Waals surface area contributed by atoms with Crippen molar-refractivity contribution in [1.29, 1.82) is 5.26 Å². The average molecular weight is 320 g/mol. The Kier molecular flexibility index (Phi) is 4.18. The van der Waals surface area contributed by atoms with Crippen LogP contribution in [-0.2, 0) is 5.33 Å². The van der Waals surface area contributed by atoms with Crippen LogP contribution < -0.4 is 4.74 Å². The maximum atomic E-state index is 13.0. The lowest BCUT2D eigenvalue weighted by atomic mass is 10.1. The maximum Gasteiger partial charge on any atom is 0.145 e. The summed E-state index contributed by atoms with van der Waals surface area (Å²) in [5, 5.41) is 9.80. The Morgan fingerprint density at radius 2 is 1.95 bits per heavy atom. The monoisotopic (exact) mass is 319 g/mol. The van der Waals surface area contributed by atoms with E-state index in [0.29, 0.717) is 28.0 Å². The molecule has 0 aliphatic carbocycles. The van der Waals surface area contributed by atoms with Gasteiger partial charge in [0.25, 0.3) is 0 Å². The van der Waals surface area contributed by atoms with Gasteiger partial charge >= 0.3 is 0 Å². The van der Waals surface area contributed by atoms with Gasteiger partial charge in [-0.1, -0.05) is 22.0 Å². The zero-order chi connectivity index (χ0) is 13.8. The molecule has 0 heterocycles. The van der Waals surface area contributed by atoms with Gasteiger partial charge in [0.05, 0.1) is 5.56 Å². The summed E-state index contributed by atoms with van der Waals surface area (Å²) in [5.74, 6) is 0.714. The summed E-state index contributed by atoms with van der Waals surface area (Å²) in [6.07, 6.45) is 0. The molecule has 0 bridgehead atoms. The first-order valence-corrected chi connectivity index (χ1v) is 6.79. The second kappa shape index (κ2) is 5.85. The third kappa shape index (κ3) is 3.12. The van der Waals surface area contributed by atoms with Crippen LogP contribution in [0.15, 0.2) is 36.4 Å². The summed E-state index contributed by atoms with van der Waals surface area (Å²) >= 11 is 3.34. The predicted octanol–water partition coefficient (Wildman–Crippen LogP) is 4.69. The van der Waals surface area contributed by atoms with Crippen LogP contribution in [0.4, 0.5) is 4.39 Å². The number of hydrogen-bond acceptors (Lipinski definition) is 2. The molecule has 0 unspecified atom stereocenters. The topological polar surface area (TPSA) is 33.0 Å². The van der Waals surface area contributed by atoms with E-state index in [1.165, 1.54) is 12.1 Å². The fourth-order valence-corrected chi connectivity index (χ4v) is 2.03. The molecule has 0 spiro atoms. The number of benzene rings is 2. The SMILES string of the molecule is Cc1cc(F)ccc1Oc1ccc(CBr)cc1C#N. The molecule has 0 aliphatic heterocycles. The molecular formula is C15H11BrFNO. The number of nitriles is 1. The Balaban J connectivity index is 2.35. The molecular weight excluding hydrogens is 309 g/mol. The molecule has 0 amide bonds. The zero-order valence-electron chi connectivity index (χ0n) is 10.3. The van der Waals surface area contributed by atoms with Gasteiger partial charge in [0.2, 0.25) is 0 Å². The van der Waals surface area contributed by atoms with Crippen LogP contribution in [0.1, 0.15) is 16.7 Å². The third-order valence-corrected chi connectivity index (χ3v) is 3.32. The number of aryl methyl sites for hydroxylation is 1. The van der Waals surface area contributed by atoms with Gasteiger partial charge in [0.1, 0.15) is 23.4 Å². The number of nitrogens with zero attached hydrogens (tertiary/aromatic N) is 1. The molecule has 0 aromatic heterocycles. The zero-order valence-corrected chi connectivity index (χ0v) is 11.9. The van der Waals surface area contributed by atoms with Gasteiger partial charge in [0.15, 0.2) is 0 Å². The Bertz CT molecular complexity index is 649. The largest absolute Gasteiger partial charge is 0.456 e. The molecule has 0 atom stereocenters. The first-order valence-electron chi connectivity index (χ1n) is 5.67. The van der Waals surface area contributed by atoms with Crippen LogP contribution in [0.5, 0.6) is 11.5 Å². The molecule has 2 aromatic rings. The van der Waals surface area contributed by atoms with E-state index in [1.54, 1.807) is 25.1 Å². The molecule has 96 valence electrons. The van der Waals surface area contributed by atoms with Crippen molar-refractivity contribution >= 4 is 15.9 Å². The molecule has 2 nitrogen and oxygen atoms in total. The van der Waals surface area contributed by atoms with Gasteiger partial charge in [0, 0.05) is 5.33 Å². The summed E-state index contributed by atoms with van der Waals surface area (Å²) in [6.45, 7) is 1.76. The van der Waals surface area contributed by atoms with Crippen molar-refractivity contribution < 1.29 is 9.13 Å². The normalized spacial score (nSPS) is 10.0. The van der Waals surface area contributed by atoms with E-state index >= 15 is 0 Å². The minimum Gasteiger partial charge on any atom is -0.456 e. The maximum absolute atomic E-state index is 13.0. The van der Waals surface area contributed by atoms with E-state index in [2.05, 4.69) is 22.0 Å². The van der Waals surface area contributed by atoms with E-state index in [1.807, 2.05) is 6.07 Å². The standard InChI is InChI=1S/C15H11BrFNO/c1-10-6-13(17)3-5-14(10)19-15-4-2-11(8-16)7-12(15)9-18/h2-7H,8H2,1H3. The number of alkyl halides is 1. The molecule has 2 aromatic carbocycles. The van der Waals surface area contributed by atoms with E-state index in [0.717, 1.165) is 5.56 Å². The fraction of sp³-hybridized carbons (Fsp3) is 0.133. The van der Waals surface area contributed by atoms with Crippen LogP contribution in [0.3, 0.4) is 0 Å². The fourth-order valence-electron chi connectivity index (χ4n) is 1.68. The lowest BCUT2D eigenvalue weighted by Gasteiger charge is -2.10. The highest BCUT2D eigenvalue weighted by atomic mass is 79.9. The molecule has 0 fully saturated rings. The molecule has 0 saturated carbocycles. The van der Waals surface area contributed by atoms with Gasteiger partial charge in [-0.15, -0.1) is 0 Å². The number of ether oxygens (including phenoxy) is 1. The summed E-state index contributed by atoms with van der Waals surface area (Å²) in [7, 11) is 0. The first-order chi connectivity index (χ1) is 9.13. The Morgan fingerprint density at radius 3 is 2.58 bits per heavy atom. The van der Waals surface area contributed by atoms with Gasteiger partial charge in [-0.25, -0.2) is 4.39 Å². The number of hydrogen-bond donors (Lipinski definition) is 0. The smallest absolute Gasteiger partial charge is 0.145 e. The van der Waals surface area contributed by atoms with Crippen molar-refractivity contribution in [2.75, 3.05) is 0 Å². The van der Waals surface area contributed by atoms with Gasteiger partial charge in [-0.3, -0.25) is 0 Å². The molecule has 0 radical (unpaired) electrons. The van der Waals surface area contributed by atoms with Gasteiger partial charge < -0.3 is 4.74 Å². The van der Waals surface area contributed by atoms with Gasteiger partial charge in [-0.05, 0) is 48.4 Å². The van der Waals surface area contributed by atoms with E-state index in [9.17, 15) is 4.39 Å². The number of rotatable bonds is 3. The lowest BCUT2D eigenvalue weighted by molar-refractivity contribution is 0.475. The van der Waals surface area contributed by atoms with Crippen LogP contribution in [-0.4, -0.2) is 0 Å². The van der Waals surface area contributed by atoms with Crippen LogP contribution in [0, 0.1) is 24.1 Å². The molecule has 2 rings (SSSR count). The van der Waals surface area contributed by atoms with Crippen molar-refractivity contribution in [2.45, 2.75) is 12.3 Å². The molecule has 0 saturated heterocycles. The number of halogens is 2. The average Bonchev–Trinajstić information content (AvgIpc) is 2.42. The van der Waals surface area contributed by atoms with E-state index in [4.69, 9.17) is 10.00 Å². The summed E-state index contributed by atoms with van der Waals surface area (Å²) in [4.78, 5) is 0. The summed E-state index contributed by atoms with van der Waals surface area (Å²) < 4.78 is 18.7. The summed E-state index contributed by atoms with van der Waals surface area (Å²) in [6, 6.07) is 11.8. The van der Waals surface area contributed by atoms with Crippen molar-refractivity contribution in [3.63, 3.8) is 0 Å². The van der Waals surface area contributed by atoms with Crippen molar-refractivity contribution in [1.82, 2.24) is 0 Å². The van der Waals surface area contributed by atoms with Crippen LogP contribution in [0.25, 0.3) is 0 Å². The minimum atomic E-state index is -0.306. The highest BCUT2D eigenvalue weighted by Crippen LogP contribution is 2.29. The first kappa shape index (κ1) is 13.6. The van der Waals surface area contributed by atoms with Crippen molar-refractivity contribution in [3.8, 4) is 17.6 Å². The summed E-state index contributed by atoms with van der Waals surface area (Å²) in [5.41, 5.74) is 2.15. The molecule has 0 aliphatic rings. The van der Waals surface area contributed by atoms with Crippen molar-refractivity contribution in [3.05, 3.63) is 58.9 Å². The van der Waals surface area contributed by atoms with Crippen LogP contribution in [0.2, 0.25) is 0 Å². The second-order valence-electron chi connectivity index (χ2n) is 4.09. The van der Waals surface area contributed by atoms with E-state index in [-0.39, 0.29) is 5.82 Å². The second-order valence-corrected chi connectivity index (χ2v) is 4.65. The van der Waals surface area contributed by atoms with Crippen molar-refractivity contribution in [2.24, 2.45) is 0 Å². The Hall–Kier alpha value is -1.86. The molecule has 0 N–H and O–H groups in total. The molecule has 19 heavy (non-hydrogen) atoms. The minimum absolute atomic E-state index is 0.306. The Morgan fingerprint density at radius 1 is 1.21 bits per heavy atom. The predicted molar refractivity (Wildman–Crippen MR) is 75.0 cm³/mol. The lowest BCUT2D eigenvalue weighted by Crippen LogP contribution is -1.92. The highest BCUT2D eigenvalue weighted by Gasteiger charge is 2.08. The quantitative estimate of drug-likeness (QED) is 0.769. The molecule has 4 heteroatoms. The van der Waals surface area contributed by atoms with E-state index < -0.39 is 0 Å². The highest BCUT2D eigenvalue weighted by molar-refractivity contribution is 9.08. The van der Waals surface area contributed by atoms with Crippen LogP contribution >= 0.6 is 15.9 Å². The third-order valence-electron chi connectivity index (χ3n) is 2.68.